The number of hydrogen-bond acceptors (Lipinski definition) is 7. The zero-order valence-electron chi connectivity index (χ0n) is 26.4. The topological polar surface area (TPSA) is 121 Å². The van der Waals surface area contributed by atoms with Crippen molar-refractivity contribution in [2.45, 2.75) is 24.8 Å². The summed E-state index contributed by atoms with van der Waals surface area (Å²) in [7, 11) is 3.25. The van der Waals surface area contributed by atoms with Crippen molar-refractivity contribution in [3.05, 3.63) is 136 Å². The number of esters is 1. The predicted molar refractivity (Wildman–Crippen MR) is 183 cm³/mol. The van der Waals surface area contributed by atoms with E-state index in [4.69, 9.17) is 9.47 Å². The molecule has 2 N–H and O–H groups in total. The predicted octanol–water partition coefficient (Wildman–Crippen LogP) is 6.07. The number of benzene rings is 4. The molecule has 47 heavy (non-hydrogen) atoms. The van der Waals surface area contributed by atoms with Crippen LogP contribution in [0.2, 0.25) is 0 Å². The number of thioether (sulfide) groups is 1. The molecule has 10 nitrogen and oxygen atoms in total. The number of carbonyl (C=O) groups excluding carboxylic acids is 3. The number of nitrogens with one attached hydrogen (secondary N) is 2. The van der Waals surface area contributed by atoms with Crippen LogP contribution in [0.1, 0.15) is 33.3 Å². The lowest BCUT2D eigenvalue weighted by Crippen LogP contribution is -2.26. The third kappa shape index (κ3) is 7.47. The maximum Gasteiger partial charge on any atom is 0.340 e. The first-order valence-electron chi connectivity index (χ1n) is 14.7. The third-order valence-corrected chi connectivity index (χ3v) is 8.54. The molecule has 0 aliphatic heterocycles. The minimum Gasteiger partial charge on any atom is -0.495 e. The monoisotopic (exact) mass is 650 g/mol. The largest absolute Gasteiger partial charge is 0.495 e. The molecule has 0 aliphatic rings. The molecule has 5 rings (SSSR count). The molecule has 0 saturated carbocycles. The lowest BCUT2D eigenvalue weighted by atomic mass is 10.1. The van der Waals surface area contributed by atoms with Gasteiger partial charge in [-0.2, -0.15) is 0 Å². The third-order valence-electron chi connectivity index (χ3n) is 7.46. The molecule has 0 aliphatic carbocycles. The first kappa shape index (κ1) is 32.8. The molecule has 1 heterocycles. The molecule has 0 fully saturated rings. The van der Waals surface area contributed by atoms with Crippen molar-refractivity contribution < 1.29 is 23.9 Å². The van der Waals surface area contributed by atoms with Crippen LogP contribution in [0.25, 0.3) is 5.69 Å². The number of para-hydroxylation sites is 1. The van der Waals surface area contributed by atoms with Crippen LogP contribution in [0.4, 0.5) is 11.4 Å². The Morgan fingerprint density at radius 1 is 0.851 bits per heavy atom. The Balaban J connectivity index is 1.32. The van der Waals surface area contributed by atoms with E-state index in [2.05, 4.69) is 10.6 Å². The number of carbonyl (C=O) groups is 3. The Morgan fingerprint density at radius 3 is 2.21 bits per heavy atom. The van der Waals surface area contributed by atoms with Gasteiger partial charge in [-0.15, -0.1) is 11.8 Å². The zero-order valence-corrected chi connectivity index (χ0v) is 27.2. The van der Waals surface area contributed by atoms with E-state index in [1.807, 2.05) is 43.3 Å². The number of hydrogen-bond donors (Lipinski definition) is 2. The summed E-state index contributed by atoms with van der Waals surface area (Å²) in [5.74, 6) is -1.33. The van der Waals surface area contributed by atoms with Crippen LogP contribution in [0.5, 0.6) is 5.75 Å². The van der Waals surface area contributed by atoms with Crippen LogP contribution in [0.15, 0.2) is 113 Å². The average Bonchev–Trinajstić information content (AvgIpc) is 3.29. The minimum atomic E-state index is -1.27. The van der Waals surface area contributed by atoms with E-state index in [1.54, 1.807) is 85.4 Å². The molecular formula is C36H34N4O6S. The van der Waals surface area contributed by atoms with E-state index in [0.717, 1.165) is 17.3 Å². The molecular weight excluding hydrogens is 616 g/mol. The van der Waals surface area contributed by atoms with Gasteiger partial charge in [0.25, 0.3) is 11.5 Å². The molecule has 5 aromatic rings. The van der Waals surface area contributed by atoms with Gasteiger partial charge in [-0.1, -0.05) is 66.7 Å². The summed E-state index contributed by atoms with van der Waals surface area (Å²) >= 11 is 1.12. The van der Waals surface area contributed by atoms with Crippen LogP contribution in [-0.2, 0) is 21.4 Å². The maximum absolute atomic E-state index is 13.6. The molecule has 0 unspecified atom stereocenters. The molecule has 1 atom stereocenters. The Morgan fingerprint density at radius 2 is 1.51 bits per heavy atom. The summed E-state index contributed by atoms with van der Waals surface area (Å²) < 4.78 is 14.4. The van der Waals surface area contributed by atoms with Gasteiger partial charge >= 0.3 is 5.97 Å². The first-order valence-corrected chi connectivity index (χ1v) is 15.7. The maximum atomic E-state index is 13.6. The number of methoxy groups -OCH3 is 1. The lowest BCUT2D eigenvalue weighted by Gasteiger charge is -2.20. The van der Waals surface area contributed by atoms with Gasteiger partial charge in [-0.25, -0.2) is 9.48 Å². The molecule has 11 heteroatoms. The van der Waals surface area contributed by atoms with Crippen LogP contribution >= 0.6 is 11.8 Å². The number of aromatic nitrogens is 2. The summed E-state index contributed by atoms with van der Waals surface area (Å²) in [5, 5.41) is 5.57. The normalized spacial score (nSPS) is 11.4. The van der Waals surface area contributed by atoms with E-state index in [-0.39, 0.29) is 22.6 Å². The SMILES string of the molecule is COc1ccc(C)cc1NC(=O)[C@H](OC(=O)c1ccccc1SCC(=O)Nc1c(C)n(C)n(-c2ccccc2)c1=O)c1ccccc1. The fraction of sp³-hybridized carbons (Fsp3) is 0.167. The summed E-state index contributed by atoms with van der Waals surface area (Å²) in [4.78, 5) is 53.9. The van der Waals surface area contributed by atoms with Gasteiger partial charge in [0.15, 0.2) is 0 Å². The van der Waals surface area contributed by atoms with Gasteiger partial charge in [0.1, 0.15) is 11.4 Å². The van der Waals surface area contributed by atoms with Gasteiger partial charge in [0.05, 0.1) is 35.5 Å². The second kappa shape index (κ2) is 14.7. The highest BCUT2D eigenvalue weighted by atomic mass is 32.2. The van der Waals surface area contributed by atoms with E-state index in [9.17, 15) is 19.2 Å². The molecule has 0 radical (unpaired) electrons. The molecule has 4 aromatic carbocycles. The van der Waals surface area contributed by atoms with Crippen molar-refractivity contribution in [3.8, 4) is 11.4 Å². The number of ether oxygens (including phenoxy) is 2. The molecule has 0 bridgehead atoms. The summed E-state index contributed by atoms with van der Waals surface area (Å²) in [6.45, 7) is 3.64. The first-order chi connectivity index (χ1) is 22.7. The lowest BCUT2D eigenvalue weighted by molar-refractivity contribution is -0.125. The quantitative estimate of drug-likeness (QED) is 0.132. The van der Waals surface area contributed by atoms with Crippen molar-refractivity contribution in [2.24, 2.45) is 7.05 Å². The van der Waals surface area contributed by atoms with Gasteiger partial charge in [0.2, 0.25) is 12.0 Å². The summed E-state index contributed by atoms with van der Waals surface area (Å²) in [6.07, 6.45) is -1.27. The highest BCUT2D eigenvalue weighted by molar-refractivity contribution is 8.00. The fourth-order valence-electron chi connectivity index (χ4n) is 4.98. The standard InChI is InChI=1S/C36H34N4O6S/c1-23-19-20-29(45-4)28(21-23)37-34(42)33(25-13-7-5-8-14-25)46-36(44)27-17-11-12-18-30(27)47-22-31(41)38-32-24(2)39(3)40(35(32)43)26-15-9-6-10-16-26/h5-21,33H,22H2,1-4H3,(H,37,42)(H,38,41)/t33-/m1/s1. The Hall–Kier alpha value is -5.55. The number of rotatable bonds is 11. The van der Waals surface area contributed by atoms with E-state index in [0.29, 0.717) is 33.3 Å². The highest BCUT2D eigenvalue weighted by Crippen LogP contribution is 2.30. The van der Waals surface area contributed by atoms with Gasteiger partial charge in [0, 0.05) is 17.5 Å². The average molecular weight is 651 g/mol. The van der Waals surface area contributed by atoms with Crippen LogP contribution in [-0.4, -0.2) is 40.0 Å². The van der Waals surface area contributed by atoms with Crippen LogP contribution < -0.4 is 20.9 Å². The molecule has 240 valence electrons. The Bertz CT molecular complexity index is 1970. The molecule has 0 saturated heterocycles. The van der Waals surface area contributed by atoms with Crippen LogP contribution in [0, 0.1) is 13.8 Å². The smallest absolute Gasteiger partial charge is 0.340 e. The van der Waals surface area contributed by atoms with Gasteiger partial charge in [-0.05, 0) is 55.8 Å². The van der Waals surface area contributed by atoms with Crippen LogP contribution in [0.3, 0.4) is 0 Å². The fourth-order valence-corrected chi connectivity index (χ4v) is 5.82. The zero-order chi connectivity index (χ0) is 33.5. The number of nitrogens with zero attached hydrogens (tertiary/aromatic N) is 2. The summed E-state index contributed by atoms with van der Waals surface area (Å²) in [6, 6.07) is 29.9. The Labute approximate surface area is 276 Å². The van der Waals surface area contributed by atoms with E-state index in [1.165, 1.54) is 11.8 Å². The summed E-state index contributed by atoms with van der Waals surface area (Å²) in [5.41, 5.74) is 3.11. The Kier molecular flexibility index (Phi) is 10.3. The van der Waals surface area contributed by atoms with E-state index < -0.39 is 23.9 Å². The van der Waals surface area contributed by atoms with Crippen molar-refractivity contribution in [3.63, 3.8) is 0 Å². The number of anilines is 2. The van der Waals surface area contributed by atoms with Crippen molar-refractivity contribution >= 4 is 40.9 Å². The van der Waals surface area contributed by atoms with Gasteiger partial charge in [-0.3, -0.25) is 19.1 Å². The minimum absolute atomic E-state index is 0.0842. The molecule has 2 amide bonds. The van der Waals surface area contributed by atoms with Gasteiger partial charge < -0.3 is 20.1 Å². The molecule has 0 spiro atoms. The van der Waals surface area contributed by atoms with Crippen molar-refractivity contribution in [1.82, 2.24) is 9.36 Å². The number of aryl methyl sites for hydroxylation is 1. The van der Waals surface area contributed by atoms with Crippen molar-refractivity contribution in [1.29, 1.82) is 0 Å². The van der Waals surface area contributed by atoms with Crippen molar-refractivity contribution in [2.75, 3.05) is 23.5 Å². The highest BCUT2D eigenvalue weighted by Gasteiger charge is 2.28. The van der Waals surface area contributed by atoms with E-state index >= 15 is 0 Å². The second-order valence-corrected chi connectivity index (χ2v) is 11.7. The second-order valence-electron chi connectivity index (χ2n) is 10.7. The molecule has 1 aromatic heterocycles. The number of amides is 2.